The summed E-state index contributed by atoms with van der Waals surface area (Å²) in [7, 11) is 0. The molecule has 0 spiro atoms. The van der Waals surface area contributed by atoms with Crippen LogP contribution in [0.4, 0.5) is 0 Å². The second-order valence-electron chi connectivity index (χ2n) is 6.91. The van der Waals surface area contributed by atoms with Gasteiger partial charge >= 0.3 is 5.63 Å². The molecule has 1 aromatic heterocycles. The van der Waals surface area contributed by atoms with Crippen LogP contribution in [0.2, 0.25) is 10.0 Å². The average molecular weight is 430 g/mol. The van der Waals surface area contributed by atoms with Crippen molar-refractivity contribution >= 4 is 46.7 Å². The topological polar surface area (TPSA) is 54.8 Å². The van der Waals surface area contributed by atoms with Crippen LogP contribution in [0, 0.1) is 6.92 Å². The Kier molecular flexibility index (Phi) is 5.81. The molecule has 0 N–H and O–H groups in total. The van der Waals surface area contributed by atoms with E-state index in [0.29, 0.717) is 28.7 Å². The lowest BCUT2D eigenvalue weighted by Crippen LogP contribution is -2.22. The molecule has 1 aliphatic heterocycles. The molecule has 0 radical (unpaired) electrons. The van der Waals surface area contributed by atoms with Crippen molar-refractivity contribution in [1.82, 2.24) is 0 Å². The highest BCUT2D eigenvalue weighted by Crippen LogP contribution is 2.30. The van der Waals surface area contributed by atoms with Gasteiger partial charge in [-0.25, -0.2) is 4.79 Å². The minimum absolute atomic E-state index is 0.240. The molecule has 5 nitrogen and oxygen atoms in total. The molecule has 0 saturated heterocycles. The quantitative estimate of drug-likeness (QED) is 0.417. The monoisotopic (exact) mass is 429 g/mol. The fraction of sp³-hybridized carbons (Fsp3) is 0.227. The molecular weight excluding hydrogens is 411 g/mol. The summed E-state index contributed by atoms with van der Waals surface area (Å²) in [6.07, 6.45) is 3.28. The van der Waals surface area contributed by atoms with Crippen LogP contribution in [0.5, 0.6) is 0 Å². The Balaban J connectivity index is 1.66. The van der Waals surface area contributed by atoms with Crippen molar-refractivity contribution in [2.45, 2.75) is 19.6 Å². The summed E-state index contributed by atoms with van der Waals surface area (Å²) in [5.41, 5.74) is 2.70. The van der Waals surface area contributed by atoms with Crippen LogP contribution in [0.3, 0.4) is 0 Å². The minimum Gasteiger partial charge on any atom is -0.422 e. The third kappa shape index (κ3) is 4.42. The number of aliphatic imine (C=N–C) groups is 1. The Labute approximate surface area is 177 Å². The number of ether oxygens (including phenoxy) is 1. The van der Waals surface area contributed by atoms with Crippen molar-refractivity contribution in [2.24, 2.45) is 4.99 Å². The summed E-state index contributed by atoms with van der Waals surface area (Å²) in [5.74, 6) is 0. The summed E-state index contributed by atoms with van der Waals surface area (Å²) in [4.78, 5) is 16.2. The Morgan fingerprint density at radius 1 is 1.24 bits per heavy atom. The zero-order valence-electron chi connectivity index (χ0n) is 15.8. The third-order valence-electron chi connectivity index (χ3n) is 4.85. The second kappa shape index (κ2) is 8.49. The summed E-state index contributed by atoms with van der Waals surface area (Å²) in [5, 5.41) is 1.97. The lowest BCUT2D eigenvalue weighted by atomic mass is 10.1. The number of aryl methyl sites for hydroxylation is 1. The third-order valence-corrected chi connectivity index (χ3v) is 5.42. The van der Waals surface area contributed by atoms with E-state index in [1.807, 2.05) is 42.0 Å². The molecule has 1 unspecified atom stereocenters. The first-order valence-corrected chi connectivity index (χ1v) is 9.95. The molecular formula is C22H19Cl2N2O3+. The fourth-order valence-corrected chi connectivity index (χ4v) is 3.91. The van der Waals surface area contributed by atoms with E-state index in [-0.39, 0.29) is 12.7 Å². The van der Waals surface area contributed by atoms with Crippen molar-refractivity contribution in [3.63, 3.8) is 0 Å². The van der Waals surface area contributed by atoms with Crippen molar-refractivity contribution in [3.8, 4) is 0 Å². The van der Waals surface area contributed by atoms with Crippen LogP contribution in [-0.4, -0.2) is 30.2 Å². The minimum atomic E-state index is -0.396. The standard InChI is InChI=1S/C22H19Cl2N2O3/c1-14-3-2-4-17-15(9-21(27)29-22(14)17)12-28-20(11-26-8-7-25-13-26)18-6-5-16(23)10-19(18)24/h2-7,9-10,13,20H,8,11-12H2,1H3/q+1. The lowest BCUT2D eigenvalue weighted by molar-refractivity contribution is -0.517. The summed E-state index contributed by atoms with van der Waals surface area (Å²) >= 11 is 12.5. The zero-order chi connectivity index (χ0) is 20.4. The summed E-state index contributed by atoms with van der Waals surface area (Å²) in [6, 6.07) is 12.6. The normalized spacial score (nSPS) is 14.4. The lowest BCUT2D eigenvalue weighted by Gasteiger charge is -2.19. The molecule has 0 aliphatic carbocycles. The first-order chi connectivity index (χ1) is 14.0. The van der Waals surface area contributed by atoms with Crippen molar-refractivity contribution < 1.29 is 13.7 Å². The molecule has 0 saturated carbocycles. The largest absolute Gasteiger partial charge is 0.422 e. The highest BCUT2D eigenvalue weighted by Gasteiger charge is 2.22. The number of para-hydroxylation sites is 1. The van der Waals surface area contributed by atoms with Crippen molar-refractivity contribution in [1.29, 1.82) is 0 Å². The van der Waals surface area contributed by atoms with Crippen LogP contribution in [0.1, 0.15) is 22.8 Å². The molecule has 0 fully saturated rings. The van der Waals surface area contributed by atoms with Gasteiger partial charge in [0.15, 0.2) is 6.21 Å². The average Bonchev–Trinajstić information content (AvgIpc) is 3.19. The molecule has 0 bridgehead atoms. The molecule has 4 rings (SSSR count). The van der Waals surface area contributed by atoms with Gasteiger partial charge in [-0.1, -0.05) is 52.5 Å². The molecule has 2 aromatic carbocycles. The maximum Gasteiger partial charge on any atom is 0.336 e. The molecule has 3 aromatic rings. The van der Waals surface area contributed by atoms with E-state index in [1.165, 1.54) is 6.07 Å². The van der Waals surface area contributed by atoms with E-state index in [1.54, 1.807) is 18.5 Å². The maximum absolute atomic E-state index is 12.1. The predicted molar refractivity (Wildman–Crippen MR) is 116 cm³/mol. The number of hydrogen-bond acceptors (Lipinski definition) is 4. The fourth-order valence-electron chi connectivity index (χ4n) is 3.38. The Bertz CT molecular complexity index is 1180. The highest BCUT2D eigenvalue weighted by atomic mass is 35.5. The number of nitrogens with zero attached hydrogens (tertiary/aromatic N) is 2. The van der Waals surface area contributed by atoms with Crippen molar-refractivity contribution in [2.75, 3.05) is 13.1 Å². The van der Waals surface area contributed by atoms with Gasteiger partial charge in [0.2, 0.25) is 0 Å². The van der Waals surface area contributed by atoms with Crippen LogP contribution in [-0.2, 0) is 11.3 Å². The number of benzene rings is 2. The smallest absolute Gasteiger partial charge is 0.336 e. The van der Waals surface area contributed by atoms with Crippen LogP contribution in [0.15, 0.2) is 56.7 Å². The summed E-state index contributed by atoms with van der Waals surface area (Å²) in [6.45, 7) is 3.43. The maximum atomic E-state index is 12.1. The molecule has 0 amide bonds. The molecule has 148 valence electrons. The van der Waals surface area contributed by atoms with Gasteiger partial charge < -0.3 is 9.15 Å². The van der Waals surface area contributed by atoms with Gasteiger partial charge in [-0.05, 0) is 30.2 Å². The second-order valence-corrected chi connectivity index (χ2v) is 7.75. The number of hydrogen-bond donors (Lipinski definition) is 0. The molecule has 2 heterocycles. The van der Waals surface area contributed by atoms with Crippen LogP contribution >= 0.6 is 23.2 Å². The molecule has 7 heteroatoms. The summed E-state index contributed by atoms with van der Waals surface area (Å²) < 4.78 is 13.7. The van der Waals surface area contributed by atoms with Gasteiger partial charge in [-0.3, -0.25) is 4.58 Å². The number of halogens is 2. The Hall–Kier alpha value is -2.47. The van der Waals surface area contributed by atoms with Crippen LogP contribution in [0.25, 0.3) is 11.0 Å². The molecule has 1 aliphatic rings. The number of rotatable bonds is 6. The van der Waals surface area contributed by atoms with Gasteiger partial charge in [0, 0.05) is 27.1 Å². The Morgan fingerprint density at radius 3 is 2.86 bits per heavy atom. The first-order valence-electron chi connectivity index (χ1n) is 9.19. The van der Waals surface area contributed by atoms with Gasteiger partial charge in [-0.15, -0.1) is 0 Å². The van der Waals surface area contributed by atoms with E-state index in [4.69, 9.17) is 32.4 Å². The zero-order valence-corrected chi connectivity index (χ0v) is 17.3. The van der Waals surface area contributed by atoms with Gasteiger partial charge in [0.25, 0.3) is 6.34 Å². The van der Waals surface area contributed by atoms with Crippen LogP contribution < -0.4 is 5.63 Å². The van der Waals surface area contributed by atoms with E-state index in [0.717, 1.165) is 22.1 Å². The van der Waals surface area contributed by atoms with E-state index in [9.17, 15) is 4.79 Å². The van der Waals surface area contributed by atoms with Crippen molar-refractivity contribution in [3.05, 3.63) is 79.6 Å². The Morgan fingerprint density at radius 2 is 2.10 bits per heavy atom. The molecule has 29 heavy (non-hydrogen) atoms. The van der Waals surface area contributed by atoms with Gasteiger partial charge in [0.1, 0.15) is 24.8 Å². The number of fused-ring (bicyclic) bond motifs is 1. The highest BCUT2D eigenvalue weighted by molar-refractivity contribution is 6.35. The molecule has 1 atom stereocenters. The van der Waals surface area contributed by atoms with E-state index < -0.39 is 5.63 Å². The van der Waals surface area contributed by atoms with Gasteiger partial charge in [0.05, 0.1) is 6.61 Å². The predicted octanol–water partition coefficient (Wildman–Crippen LogP) is 4.79. The SMILES string of the molecule is Cc1cccc2c(COC(C[N+]3=CN=CC3)c3ccc(Cl)cc3Cl)cc(=O)oc12. The van der Waals surface area contributed by atoms with E-state index >= 15 is 0 Å². The van der Waals surface area contributed by atoms with Gasteiger partial charge in [-0.2, -0.15) is 0 Å². The first kappa shape index (κ1) is 19.8. The van der Waals surface area contributed by atoms with E-state index in [2.05, 4.69) is 4.99 Å².